The summed E-state index contributed by atoms with van der Waals surface area (Å²) in [6.07, 6.45) is 1.38. The third-order valence-electron chi connectivity index (χ3n) is 4.06. The molecule has 1 heteroatoms. The molecule has 0 aliphatic heterocycles. The Labute approximate surface area is 77.6 Å². The summed E-state index contributed by atoms with van der Waals surface area (Å²) in [5.41, 5.74) is 0.683. The molecule has 0 saturated heterocycles. The third-order valence-corrected chi connectivity index (χ3v) is 5.10. The van der Waals surface area contributed by atoms with E-state index in [9.17, 15) is 0 Å². The lowest BCUT2D eigenvalue weighted by molar-refractivity contribution is 0.459. The van der Waals surface area contributed by atoms with Gasteiger partial charge in [-0.2, -0.15) is 0 Å². The van der Waals surface area contributed by atoms with Gasteiger partial charge >= 0.3 is 0 Å². The van der Waals surface area contributed by atoms with Crippen LogP contribution in [-0.2, 0) is 5.41 Å². The standard InChI is InChI=1S/C11H14S/c1-3-8-10-7(2)11(8,10)9-5-4-6-12-9/h4-8,10H,3H2,1-2H3/t7?,8-,10?,11?/m1/s1. The van der Waals surface area contributed by atoms with Crippen molar-refractivity contribution in [3.8, 4) is 0 Å². The Hall–Kier alpha value is -0.300. The molecule has 0 N–H and O–H groups in total. The molecule has 1 aromatic rings. The summed E-state index contributed by atoms with van der Waals surface area (Å²) in [6, 6.07) is 4.53. The van der Waals surface area contributed by atoms with Gasteiger partial charge in [0.2, 0.25) is 0 Å². The van der Waals surface area contributed by atoms with Gasteiger partial charge in [-0.25, -0.2) is 0 Å². The van der Waals surface area contributed by atoms with Crippen LogP contribution in [0, 0.1) is 17.8 Å². The normalized spacial score (nSPS) is 48.7. The van der Waals surface area contributed by atoms with Crippen LogP contribution in [0.3, 0.4) is 0 Å². The van der Waals surface area contributed by atoms with Crippen molar-refractivity contribution >= 4 is 11.3 Å². The maximum atomic E-state index is 2.41. The fourth-order valence-corrected chi connectivity index (χ4v) is 4.53. The first-order valence-corrected chi connectivity index (χ1v) is 5.75. The number of fused-ring (bicyclic) bond motifs is 1. The molecule has 1 heterocycles. The maximum absolute atomic E-state index is 2.41. The van der Waals surface area contributed by atoms with Crippen molar-refractivity contribution in [2.45, 2.75) is 25.7 Å². The minimum absolute atomic E-state index is 0.683. The highest BCUT2D eigenvalue weighted by Crippen LogP contribution is 2.85. The molecule has 12 heavy (non-hydrogen) atoms. The van der Waals surface area contributed by atoms with Crippen LogP contribution < -0.4 is 0 Å². The second-order valence-electron chi connectivity index (χ2n) is 4.24. The predicted molar refractivity (Wildman–Crippen MR) is 52.4 cm³/mol. The zero-order chi connectivity index (χ0) is 8.34. The van der Waals surface area contributed by atoms with Crippen LogP contribution in [0.1, 0.15) is 25.1 Å². The monoisotopic (exact) mass is 178 g/mol. The summed E-state index contributed by atoms with van der Waals surface area (Å²) >= 11 is 1.96. The van der Waals surface area contributed by atoms with Gasteiger partial charge in [0.25, 0.3) is 0 Å². The molecule has 0 spiro atoms. The molecule has 0 amide bonds. The summed E-state index contributed by atoms with van der Waals surface area (Å²) in [7, 11) is 0. The number of rotatable bonds is 2. The Bertz CT molecular complexity index is 295. The van der Waals surface area contributed by atoms with Gasteiger partial charge in [-0.3, -0.25) is 0 Å². The molecule has 0 nitrogen and oxygen atoms in total. The molecule has 0 bridgehead atoms. The van der Waals surface area contributed by atoms with Crippen molar-refractivity contribution in [3.05, 3.63) is 22.4 Å². The van der Waals surface area contributed by atoms with Gasteiger partial charge in [-0.05, 0) is 29.2 Å². The van der Waals surface area contributed by atoms with Crippen LogP contribution in [0.15, 0.2) is 17.5 Å². The largest absolute Gasteiger partial charge is 0.148 e. The number of thiophene rings is 1. The number of hydrogen-bond acceptors (Lipinski definition) is 1. The van der Waals surface area contributed by atoms with E-state index < -0.39 is 0 Å². The lowest BCUT2D eigenvalue weighted by Crippen LogP contribution is -2.08. The van der Waals surface area contributed by atoms with E-state index in [-0.39, 0.29) is 0 Å². The fraction of sp³-hybridized carbons (Fsp3) is 0.636. The first kappa shape index (κ1) is 7.14. The van der Waals surface area contributed by atoms with Gasteiger partial charge in [0, 0.05) is 10.3 Å². The molecule has 4 atom stereocenters. The molecule has 2 fully saturated rings. The van der Waals surface area contributed by atoms with Gasteiger partial charge in [-0.15, -0.1) is 11.3 Å². The van der Waals surface area contributed by atoms with Crippen LogP contribution in [0.5, 0.6) is 0 Å². The Balaban J connectivity index is 1.95. The molecule has 2 aliphatic rings. The van der Waals surface area contributed by atoms with Gasteiger partial charge in [0.1, 0.15) is 0 Å². The SMILES string of the molecule is CC[C@@H]1C2C(C)C21c1cccs1. The summed E-state index contributed by atoms with van der Waals surface area (Å²) < 4.78 is 0. The van der Waals surface area contributed by atoms with Crippen molar-refractivity contribution in [2.24, 2.45) is 17.8 Å². The lowest BCUT2D eigenvalue weighted by atomic mass is 9.94. The predicted octanol–water partition coefficient (Wildman–Crippen LogP) is 3.29. The third kappa shape index (κ3) is 0.545. The highest BCUT2D eigenvalue weighted by Gasteiger charge is 2.84. The van der Waals surface area contributed by atoms with Crippen LogP contribution in [-0.4, -0.2) is 0 Å². The molecule has 64 valence electrons. The zero-order valence-corrected chi connectivity index (χ0v) is 8.40. The zero-order valence-electron chi connectivity index (χ0n) is 7.58. The van der Waals surface area contributed by atoms with Crippen molar-refractivity contribution in [1.29, 1.82) is 0 Å². The van der Waals surface area contributed by atoms with Gasteiger partial charge in [0.05, 0.1) is 0 Å². The first-order valence-electron chi connectivity index (χ1n) is 4.87. The van der Waals surface area contributed by atoms with E-state index in [0.29, 0.717) is 5.41 Å². The second-order valence-corrected chi connectivity index (χ2v) is 5.19. The quantitative estimate of drug-likeness (QED) is 0.652. The molecule has 3 rings (SSSR count). The van der Waals surface area contributed by atoms with Crippen LogP contribution >= 0.6 is 11.3 Å². The Morgan fingerprint density at radius 1 is 1.58 bits per heavy atom. The second kappa shape index (κ2) is 1.95. The molecule has 3 unspecified atom stereocenters. The molecule has 2 aliphatic carbocycles. The van der Waals surface area contributed by atoms with E-state index in [2.05, 4.69) is 31.4 Å². The van der Waals surface area contributed by atoms with Crippen molar-refractivity contribution in [1.82, 2.24) is 0 Å². The Morgan fingerprint density at radius 2 is 2.42 bits per heavy atom. The molecule has 0 radical (unpaired) electrons. The number of hydrogen-bond donors (Lipinski definition) is 0. The molecular weight excluding hydrogens is 164 g/mol. The van der Waals surface area contributed by atoms with E-state index in [1.165, 1.54) is 6.42 Å². The van der Waals surface area contributed by atoms with E-state index in [0.717, 1.165) is 17.8 Å². The molecular formula is C11H14S. The average molecular weight is 178 g/mol. The molecule has 1 aromatic heterocycles. The minimum Gasteiger partial charge on any atom is -0.148 e. The van der Waals surface area contributed by atoms with E-state index >= 15 is 0 Å². The van der Waals surface area contributed by atoms with Gasteiger partial charge in [0.15, 0.2) is 0 Å². The first-order chi connectivity index (χ1) is 5.83. The smallest absolute Gasteiger partial charge is 0.0141 e. The lowest BCUT2D eigenvalue weighted by Gasteiger charge is -2.12. The van der Waals surface area contributed by atoms with Crippen LogP contribution in [0.25, 0.3) is 0 Å². The molecule has 0 aromatic carbocycles. The van der Waals surface area contributed by atoms with Crippen molar-refractivity contribution in [2.75, 3.05) is 0 Å². The van der Waals surface area contributed by atoms with E-state index in [4.69, 9.17) is 0 Å². The van der Waals surface area contributed by atoms with Crippen molar-refractivity contribution in [3.63, 3.8) is 0 Å². The summed E-state index contributed by atoms with van der Waals surface area (Å²) in [4.78, 5) is 1.66. The summed E-state index contributed by atoms with van der Waals surface area (Å²) in [6.45, 7) is 4.75. The summed E-state index contributed by atoms with van der Waals surface area (Å²) in [5, 5.41) is 2.22. The Morgan fingerprint density at radius 3 is 2.83 bits per heavy atom. The van der Waals surface area contributed by atoms with Crippen molar-refractivity contribution < 1.29 is 0 Å². The van der Waals surface area contributed by atoms with Crippen LogP contribution in [0.2, 0.25) is 0 Å². The topological polar surface area (TPSA) is 0 Å². The minimum atomic E-state index is 0.683. The average Bonchev–Trinajstić information content (AvgIpc) is 2.81. The maximum Gasteiger partial charge on any atom is 0.0141 e. The molecule has 2 saturated carbocycles. The van der Waals surface area contributed by atoms with E-state index in [1.54, 1.807) is 4.88 Å². The highest BCUT2D eigenvalue weighted by atomic mass is 32.1. The van der Waals surface area contributed by atoms with Gasteiger partial charge in [-0.1, -0.05) is 26.3 Å². The van der Waals surface area contributed by atoms with E-state index in [1.807, 2.05) is 11.3 Å². The summed E-state index contributed by atoms with van der Waals surface area (Å²) in [5.74, 6) is 3.08. The van der Waals surface area contributed by atoms with Gasteiger partial charge < -0.3 is 0 Å². The Kier molecular flexibility index (Phi) is 1.16. The highest BCUT2D eigenvalue weighted by molar-refractivity contribution is 7.10. The fourth-order valence-electron chi connectivity index (χ4n) is 3.39. The van der Waals surface area contributed by atoms with Crippen LogP contribution in [0.4, 0.5) is 0 Å².